The molecule has 1 aromatic rings. The molecule has 1 heterocycles. The number of hydrogen-bond acceptors (Lipinski definition) is 7. The highest BCUT2D eigenvalue weighted by molar-refractivity contribution is 6.08. The van der Waals surface area contributed by atoms with Crippen LogP contribution in [0, 0.1) is 5.82 Å². The van der Waals surface area contributed by atoms with Crippen LogP contribution in [0.15, 0.2) is 29.5 Å². The number of benzene rings is 1. The Labute approximate surface area is 156 Å². The molecular formula is C18H23FN2O6. The van der Waals surface area contributed by atoms with Crippen molar-refractivity contribution in [1.29, 1.82) is 0 Å². The molecule has 0 spiro atoms. The molecule has 1 aliphatic heterocycles. The maximum atomic E-state index is 14.2. The summed E-state index contributed by atoms with van der Waals surface area (Å²) in [5.41, 5.74) is 0.409. The Balaban J connectivity index is 2.14. The Morgan fingerprint density at radius 1 is 1.33 bits per heavy atom. The number of amides is 1. The highest BCUT2D eigenvalue weighted by Gasteiger charge is 2.34. The lowest BCUT2D eigenvalue weighted by molar-refractivity contribution is -0.136. The van der Waals surface area contributed by atoms with Crippen LogP contribution in [0.1, 0.15) is 6.42 Å². The van der Waals surface area contributed by atoms with Crippen molar-refractivity contribution in [2.24, 2.45) is 0 Å². The Morgan fingerprint density at radius 2 is 2.11 bits per heavy atom. The molecule has 1 amide bonds. The first-order valence-electron chi connectivity index (χ1n) is 8.41. The average Bonchev–Trinajstić information content (AvgIpc) is 2.96. The van der Waals surface area contributed by atoms with E-state index in [1.807, 2.05) is 0 Å². The number of β-amino-alcohol motifs (C(OH)–C–C–N with tert-alkyl or cyclic N) is 1. The Hall–Kier alpha value is -2.65. The van der Waals surface area contributed by atoms with Gasteiger partial charge in [0.2, 0.25) is 0 Å². The zero-order valence-corrected chi connectivity index (χ0v) is 15.3. The van der Waals surface area contributed by atoms with Crippen molar-refractivity contribution in [2.75, 3.05) is 52.4 Å². The number of aliphatic hydroxyl groups excluding tert-OH is 1. The number of anilines is 1. The fraction of sp³-hybridized carbons (Fsp3) is 0.444. The zero-order chi connectivity index (χ0) is 19.8. The molecule has 1 aromatic carbocycles. The lowest BCUT2D eigenvalue weighted by Gasteiger charge is -2.15. The van der Waals surface area contributed by atoms with Gasteiger partial charge in [-0.15, -0.1) is 0 Å². The van der Waals surface area contributed by atoms with E-state index in [0.29, 0.717) is 19.6 Å². The summed E-state index contributed by atoms with van der Waals surface area (Å²) >= 11 is 0. The van der Waals surface area contributed by atoms with Gasteiger partial charge in [-0.05, 0) is 12.1 Å². The van der Waals surface area contributed by atoms with Gasteiger partial charge in [-0.3, -0.25) is 4.79 Å². The molecule has 1 aliphatic rings. The van der Waals surface area contributed by atoms with E-state index in [1.165, 1.54) is 24.1 Å². The number of ether oxygens (including phenoxy) is 3. The normalized spacial score (nSPS) is 13.9. The first kappa shape index (κ1) is 20.7. The number of carbonyl (C=O) groups is 2. The van der Waals surface area contributed by atoms with Crippen molar-refractivity contribution in [3.05, 3.63) is 35.3 Å². The second-order valence-corrected chi connectivity index (χ2v) is 5.76. The van der Waals surface area contributed by atoms with Gasteiger partial charge in [-0.25, -0.2) is 9.18 Å². The Morgan fingerprint density at radius 3 is 2.74 bits per heavy atom. The summed E-state index contributed by atoms with van der Waals surface area (Å²) in [5, 5.41) is 11.8. The topological polar surface area (TPSA) is 97.3 Å². The fourth-order valence-corrected chi connectivity index (χ4v) is 2.57. The third-order valence-corrected chi connectivity index (χ3v) is 3.91. The summed E-state index contributed by atoms with van der Waals surface area (Å²) in [6.45, 7) is 0.670. The smallest absolute Gasteiger partial charge is 0.337 e. The highest BCUT2D eigenvalue weighted by Crippen LogP contribution is 2.26. The number of carbonyl (C=O) groups excluding carboxylic acids is 2. The second-order valence-electron chi connectivity index (χ2n) is 5.76. The molecular weight excluding hydrogens is 359 g/mol. The van der Waals surface area contributed by atoms with Crippen LogP contribution in [-0.4, -0.2) is 69.0 Å². The van der Waals surface area contributed by atoms with E-state index in [-0.39, 0.29) is 42.4 Å². The van der Waals surface area contributed by atoms with Crippen LogP contribution >= 0.6 is 0 Å². The molecule has 0 aliphatic carbocycles. The number of aliphatic hydroxyl groups is 1. The average molecular weight is 382 g/mol. The van der Waals surface area contributed by atoms with Gasteiger partial charge in [0.25, 0.3) is 5.91 Å². The zero-order valence-electron chi connectivity index (χ0n) is 15.3. The maximum Gasteiger partial charge on any atom is 0.337 e. The van der Waals surface area contributed by atoms with Crippen molar-refractivity contribution in [1.82, 2.24) is 4.90 Å². The summed E-state index contributed by atoms with van der Waals surface area (Å²) in [5.74, 6) is -1.65. The van der Waals surface area contributed by atoms with Gasteiger partial charge in [0.1, 0.15) is 5.70 Å². The van der Waals surface area contributed by atoms with Crippen molar-refractivity contribution in [3.63, 3.8) is 0 Å². The van der Waals surface area contributed by atoms with E-state index in [1.54, 1.807) is 13.2 Å². The molecule has 0 aromatic heterocycles. The van der Waals surface area contributed by atoms with Crippen molar-refractivity contribution in [3.8, 4) is 5.75 Å². The largest absolute Gasteiger partial charge is 0.490 e. The number of nitrogens with one attached hydrogen (secondary N) is 1. The standard InChI is InChI=1S/C18H23FN2O6/c1-25-8-3-9-27-15-5-4-12(10-14(15)19)20-16-13(18(24)26-2)11-21(6-7-22)17(16)23/h4-5,10,20,22H,3,6-9,11H2,1-2H3. The summed E-state index contributed by atoms with van der Waals surface area (Å²) in [6.07, 6.45) is 0.626. The molecule has 0 fully saturated rings. The minimum Gasteiger partial charge on any atom is -0.490 e. The first-order valence-corrected chi connectivity index (χ1v) is 8.41. The van der Waals surface area contributed by atoms with Gasteiger partial charge in [0.15, 0.2) is 11.6 Å². The molecule has 0 radical (unpaired) electrons. The molecule has 0 unspecified atom stereocenters. The van der Waals surface area contributed by atoms with Gasteiger partial charge in [0.05, 0.1) is 32.4 Å². The number of nitrogens with zero attached hydrogens (tertiary/aromatic N) is 1. The number of halogens is 1. The molecule has 148 valence electrons. The SMILES string of the molecule is COCCCOc1ccc(NC2=C(C(=O)OC)CN(CCO)C2=O)cc1F. The minimum absolute atomic E-state index is 0.00321. The number of hydrogen-bond donors (Lipinski definition) is 2. The van der Waals surface area contributed by atoms with Gasteiger partial charge in [0, 0.05) is 38.4 Å². The van der Waals surface area contributed by atoms with E-state index in [9.17, 15) is 14.0 Å². The van der Waals surface area contributed by atoms with E-state index >= 15 is 0 Å². The molecule has 0 atom stereocenters. The second kappa shape index (κ2) is 9.89. The van der Waals surface area contributed by atoms with Gasteiger partial charge < -0.3 is 29.5 Å². The van der Waals surface area contributed by atoms with Crippen LogP contribution in [0.5, 0.6) is 5.75 Å². The van der Waals surface area contributed by atoms with E-state index < -0.39 is 17.7 Å². The van der Waals surface area contributed by atoms with Crippen molar-refractivity contribution >= 4 is 17.6 Å². The predicted octanol–water partition coefficient (Wildman–Crippen LogP) is 0.914. The van der Waals surface area contributed by atoms with Gasteiger partial charge in [-0.2, -0.15) is 0 Å². The predicted molar refractivity (Wildman–Crippen MR) is 94.7 cm³/mol. The quantitative estimate of drug-likeness (QED) is 0.459. The molecule has 2 N–H and O–H groups in total. The Kier molecular flexibility index (Phi) is 7.56. The first-order chi connectivity index (χ1) is 13.0. The van der Waals surface area contributed by atoms with Crippen LogP contribution in [0.2, 0.25) is 0 Å². The van der Waals surface area contributed by atoms with Crippen LogP contribution in [0.25, 0.3) is 0 Å². The van der Waals surface area contributed by atoms with E-state index in [2.05, 4.69) is 5.32 Å². The Bertz CT molecular complexity index is 722. The third-order valence-electron chi connectivity index (χ3n) is 3.91. The van der Waals surface area contributed by atoms with Crippen LogP contribution in [0.3, 0.4) is 0 Å². The van der Waals surface area contributed by atoms with Crippen LogP contribution in [-0.2, 0) is 19.1 Å². The van der Waals surface area contributed by atoms with Crippen molar-refractivity contribution in [2.45, 2.75) is 6.42 Å². The lowest BCUT2D eigenvalue weighted by Crippen LogP contribution is -2.31. The third kappa shape index (κ3) is 5.18. The molecule has 27 heavy (non-hydrogen) atoms. The molecule has 2 rings (SSSR count). The lowest BCUT2D eigenvalue weighted by atomic mass is 10.2. The molecule has 9 heteroatoms. The van der Waals surface area contributed by atoms with Gasteiger partial charge >= 0.3 is 5.97 Å². The highest BCUT2D eigenvalue weighted by atomic mass is 19.1. The monoisotopic (exact) mass is 382 g/mol. The number of esters is 1. The van der Waals surface area contributed by atoms with E-state index in [0.717, 1.165) is 0 Å². The van der Waals surface area contributed by atoms with Gasteiger partial charge in [-0.1, -0.05) is 0 Å². The number of methoxy groups -OCH3 is 2. The van der Waals surface area contributed by atoms with Crippen LogP contribution in [0.4, 0.5) is 10.1 Å². The molecule has 0 bridgehead atoms. The summed E-state index contributed by atoms with van der Waals surface area (Å²) in [7, 11) is 2.78. The van der Waals surface area contributed by atoms with E-state index in [4.69, 9.17) is 19.3 Å². The van der Waals surface area contributed by atoms with Crippen molar-refractivity contribution < 1.29 is 33.3 Å². The summed E-state index contributed by atoms with van der Waals surface area (Å²) in [4.78, 5) is 25.7. The maximum absolute atomic E-state index is 14.2. The molecule has 0 saturated carbocycles. The van der Waals surface area contributed by atoms with Crippen LogP contribution < -0.4 is 10.1 Å². The minimum atomic E-state index is -0.662. The summed E-state index contributed by atoms with van der Waals surface area (Å²) in [6, 6.07) is 4.15. The molecule has 8 nitrogen and oxygen atoms in total. The molecule has 0 saturated heterocycles. The fourth-order valence-electron chi connectivity index (χ4n) is 2.57. The number of rotatable bonds is 10. The summed E-state index contributed by atoms with van der Waals surface area (Å²) < 4.78 is 29.2.